The van der Waals surface area contributed by atoms with Crippen LogP contribution in [0.1, 0.15) is 18.4 Å². The molecule has 0 spiro atoms. The van der Waals surface area contributed by atoms with Gasteiger partial charge in [-0.05, 0) is 57.2 Å². The monoisotopic (exact) mass is 246 g/mol. The largest absolute Gasteiger partial charge is 0.384 e. The lowest BCUT2D eigenvalue weighted by Crippen LogP contribution is -2.41. The molecule has 4 heteroatoms. The van der Waals surface area contributed by atoms with E-state index in [2.05, 4.69) is 36.0 Å². The molecular weight excluding hydrogens is 224 g/mol. The molecule has 0 saturated carbocycles. The first-order valence-corrected chi connectivity index (χ1v) is 6.44. The van der Waals surface area contributed by atoms with Gasteiger partial charge >= 0.3 is 0 Å². The van der Waals surface area contributed by atoms with Gasteiger partial charge in [-0.25, -0.2) is 0 Å². The highest BCUT2D eigenvalue weighted by molar-refractivity contribution is 5.95. The van der Waals surface area contributed by atoms with Crippen molar-refractivity contribution < 1.29 is 0 Å². The Hall–Kier alpha value is -1.55. The van der Waals surface area contributed by atoms with E-state index < -0.39 is 0 Å². The van der Waals surface area contributed by atoms with E-state index in [4.69, 9.17) is 11.1 Å². The van der Waals surface area contributed by atoms with Crippen LogP contribution in [0.25, 0.3) is 0 Å². The maximum atomic E-state index is 7.39. The average molecular weight is 246 g/mol. The maximum absolute atomic E-state index is 7.39. The van der Waals surface area contributed by atoms with Gasteiger partial charge in [-0.15, -0.1) is 0 Å². The van der Waals surface area contributed by atoms with Crippen molar-refractivity contribution in [1.82, 2.24) is 4.90 Å². The molecule has 2 rings (SSSR count). The van der Waals surface area contributed by atoms with E-state index in [1.165, 1.54) is 31.6 Å². The molecule has 1 saturated heterocycles. The molecule has 0 aromatic heterocycles. The minimum Gasteiger partial charge on any atom is -0.384 e. The van der Waals surface area contributed by atoms with Gasteiger partial charge in [-0.1, -0.05) is 0 Å². The minimum absolute atomic E-state index is 0.128. The van der Waals surface area contributed by atoms with Crippen LogP contribution in [-0.2, 0) is 0 Å². The van der Waals surface area contributed by atoms with Crippen LogP contribution in [0, 0.1) is 5.41 Å². The Morgan fingerprint density at radius 3 is 2.33 bits per heavy atom. The molecule has 1 aromatic carbocycles. The van der Waals surface area contributed by atoms with Gasteiger partial charge in [0.15, 0.2) is 0 Å². The summed E-state index contributed by atoms with van der Waals surface area (Å²) in [5.41, 5.74) is 7.45. The lowest BCUT2D eigenvalue weighted by molar-refractivity contribution is 0.253. The number of piperidine rings is 1. The summed E-state index contributed by atoms with van der Waals surface area (Å²) in [6.45, 7) is 2.33. The van der Waals surface area contributed by atoms with Gasteiger partial charge in [-0.3, -0.25) is 5.41 Å². The van der Waals surface area contributed by atoms with Gasteiger partial charge in [0, 0.05) is 24.3 Å². The lowest BCUT2D eigenvalue weighted by Gasteiger charge is -2.36. The van der Waals surface area contributed by atoms with Crippen LogP contribution in [0.15, 0.2) is 24.3 Å². The second-order valence-corrected chi connectivity index (χ2v) is 5.11. The van der Waals surface area contributed by atoms with Gasteiger partial charge in [-0.2, -0.15) is 0 Å². The summed E-state index contributed by atoms with van der Waals surface area (Å²) in [6.07, 6.45) is 2.42. The Kier molecular flexibility index (Phi) is 3.87. The van der Waals surface area contributed by atoms with E-state index in [1.54, 1.807) is 0 Å². The standard InChI is InChI=1S/C14H22N4/c1-17-9-7-13(8-10-17)18(2)12-5-3-11(4-6-12)14(15)16/h3-6,13H,7-10H2,1-2H3,(H3,15,16). The third kappa shape index (κ3) is 2.82. The maximum Gasteiger partial charge on any atom is 0.122 e. The Morgan fingerprint density at radius 2 is 1.83 bits per heavy atom. The number of rotatable bonds is 3. The van der Waals surface area contributed by atoms with Crippen molar-refractivity contribution in [1.29, 1.82) is 5.41 Å². The number of nitrogens with one attached hydrogen (secondary N) is 1. The van der Waals surface area contributed by atoms with Crippen LogP contribution < -0.4 is 10.6 Å². The second kappa shape index (κ2) is 5.40. The number of nitrogens with two attached hydrogens (primary N) is 1. The number of benzene rings is 1. The second-order valence-electron chi connectivity index (χ2n) is 5.11. The number of likely N-dealkylation sites (tertiary alicyclic amines) is 1. The summed E-state index contributed by atoms with van der Waals surface area (Å²) >= 11 is 0. The van der Waals surface area contributed by atoms with Crippen molar-refractivity contribution in [3.63, 3.8) is 0 Å². The third-order valence-corrected chi connectivity index (χ3v) is 3.82. The smallest absolute Gasteiger partial charge is 0.122 e. The van der Waals surface area contributed by atoms with Gasteiger partial charge in [0.25, 0.3) is 0 Å². The fraction of sp³-hybridized carbons (Fsp3) is 0.500. The zero-order chi connectivity index (χ0) is 13.1. The van der Waals surface area contributed by atoms with E-state index in [0.717, 1.165) is 5.56 Å². The predicted octanol–water partition coefficient (Wildman–Crippen LogP) is 1.50. The summed E-state index contributed by atoms with van der Waals surface area (Å²) in [6, 6.07) is 8.56. The summed E-state index contributed by atoms with van der Waals surface area (Å²) in [5.74, 6) is 0.128. The molecule has 1 aliphatic heterocycles. The predicted molar refractivity (Wildman–Crippen MR) is 76.4 cm³/mol. The van der Waals surface area contributed by atoms with Gasteiger partial charge in [0.1, 0.15) is 5.84 Å². The molecule has 1 fully saturated rings. The fourth-order valence-electron chi connectivity index (χ4n) is 2.47. The van der Waals surface area contributed by atoms with Gasteiger partial charge < -0.3 is 15.5 Å². The third-order valence-electron chi connectivity index (χ3n) is 3.82. The first kappa shape index (κ1) is 12.9. The van der Waals surface area contributed by atoms with Crippen LogP contribution in [-0.4, -0.2) is 44.0 Å². The fourth-order valence-corrected chi connectivity index (χ4v) is 2.47. The average Bonchev–Trinajstić information content (AvgIpc) is 2.39. The Morgan fingerprint density at radius 1 is 1.28 bits per heavy atom. The van der Waals surface area contributed by atoms with Crippen LogP contribution in [0.5, 0.6) is 0 Å². The Bertz CT molecular complexity index is 404. The first-order valence-electron chi connectivity index (χ1n) is 6.44. The van der Waals surface area contributed by atoms with Crippen LogP contribution >= 0.6 is 0 Å². The molecule has 1 aromatic rings. The molecule has 0 amide bonds. The van der Waals surface area contributed by atoms with Crippen LogP contribution in [0.2, 0.25) is 0 Å². The number of anilines is 1. The van der Waals surface area contributed by atoms with Crippen LogP contribution in [0.3, 0.4) is 0 Å². The van der Waals surface area contributed by atoms with E-state index in [1.807, 2.05) is 12.1 Å². The highest BCUT2D eigenvalue weighted by Crippen LogP contribution is 2.21. The van der Waals surface area contributed by atoms with E-state index in [-0.39, 0.29) is 5.84 Å². The highest BCUT2D eigenvalue weighted by atomic mass is 15.2. The molecule has 4 nitrogen and oxygen atoms in total. The van der Waals surface area contributed by atoms with Crippen molar-refractivity contribution in [3.05, 3.63) is 29.8 Å². The molecule has 0 unspecified atom stereocenters. The van der Waals surface area contributed by atoms with Gasteiger partial charge in [0.05, 0.1) is 0 Å². The Balaban J connectivity index is 2.04. The van der Waals surface area contributed by atoms with Crippen molar-refractivity contribution in [2.75, 3.05) is 32.1 Å². The first-order chi connectivity index (χ1) is 8.58. The lowest BCUT2D eigenvalue weighted by atomic mass is 10.0. The molecule has 1 heterocycles. The molecule has 0 atom stereocenters. The molecular formula is C14H22N4. The molecule has 0 aliphatic carbocycles. The quantitative estimate of drug-likeness (QED) is 0.628. The Labute approximate surface area is 109 Å². The number of hydrogen-bond acceptors (Lipinski definition) is 3. The summed E-state index contributed by atoms with van der Waals surface area (Å²) in [5, 5.41) is 7.39. The van der Waals surface area contributed by atoms with Gasteiger partial charge in [0.2, 0.25) is 0 Å². The minimum atomic E-state index is 0.128. The molecule has 3 N–H and O–H groups in total. The normalized spacial score (nSPS) is 17.7. The topological polar surface area (TPSA) is 56.4 Å². The van der Waals surface area contributed by atoms with E-state index in [9.17, 15) is 0 Å². The summed E-state index contributed by atoms with van der Waals surface area (Å²) in [4.78, 5) is 4.72. The van der Waals surface area contributed by atoms with Crippen molar-refractivity contribution >= 4 is 11.5 Å². The zero-order valence-corrected chi connectivity index (χ0v) is 11.2. The van der Waals surface area contributed by atoms with Crippen molar-refractivity contribution in [3.8, 4) is 0 Å². The molecule has 1 aliphatic rings. The van der Waals surface area contributed by atoms with E-state index in [0.29, 0.717) is 6.04 Å². The van der Waals surface area contributed by atoms with Crippen molar-refractivity contribution in [2.24, 2.45) is 5.73 Å². The number of amidine groups is 1. The van der Waals surface area contributed by atoms with Crippen LogP contribution in [0.4, 0.5) is 5.69 Å². The number of nitrogen functional groups attached to an aromatic ring is 1. The molecule has 0 bridgehead atoms. The summed E-state index contributed by atoms with van der Waals surface area (Å²) < 4.78 is 0. The number of hydrogen-bond donors (Lipinski definition) is 2. The SMILES string of the molecule is CN1CCC(N(C)c2ccc(C(=N)N)cc2)CC1. The molecule has 0 radical (unpaired) electrons. The molecule has 18 heavy (non-hydrogen) atoms. The summed E-state index contributed by atoms with van der Waals surface area (Å²) in [7, 11) is 4.33. The molecule has 98 valence electrons. The van der Waals surface area contributed by atoms with E-state index >= 15 is 0 Å². The highest BCUT2D eigenvalue weighted by Gasteiger charge is 2.20. The zero-order valence-electron chi connectivity index (χ0n) is 11.2. The van der Waals surface area contributed by atoms with Crippen molar-refractivity contribution in [2.45, 2.75) is 18.9 Å². The number of nitrogens with zero attached hydrogens (tertiary/aromatic N) is 2.